The van der Waals surface area contributed by atoms with Crippen molar-refractivity contribution in [3.05, 3.63) is 59.7 Å². The number of benzene rings is 2. The van der Waals surface area contributed by atoms with Crippen molar-refractivity contribution in [1.29, 1.82) is 0 Å². The Balaban J connectivity index is 1.48. The van der Waals surface area contributed by atoms with Gasteiger partial charge in [0.15, 0.2) is 17.5 Å². The summed E-state index contributed by atoms with van der Waals surface area (Å²) < 4.78 is 5.18. The summed E-state index contributed by atoms with van der Waals surface area (Å²) in [6, 6.07) is 16.7. The first-order chi connectivity index (χ1) is 14.7. The molecule has 0 radical (unpaired) electrons. The zero-order chi connectivity index (χ0) is 21.2. The van der Waals surface area contributed by atoms with Gasteiger partial charge in [0, 0.05) is 38.8 Å². The van der Waals surface area contributed by atoms with Crippen LogP contribution >= 0.6 is 0 Å². The number of piperidine rings is 1. The molecule has 1 saturated heterocycles. The Kier molecular flexibility index (Phi) is 8.39. The molecule has 30 heavy (non-hydrogen) atoms. The zero-order valence-corrected chi connectivity index (χ0v) is 18.1. The number of likely N-dealkylation sites (tertiary alicyclic amines) is 1. The molecule has 6 nitrogen and oxygen atoms in total. The Hall–Kier alpha value is -2.73. The van der Waals surface area contributed by atoms with Crippen LogP contribution in [-0.2, 0) is 13.0 Å². The summed E-state index contributed by atoms with van der Waals surface area (Å²) in [5.41, 5.74) is 2.22. The molecule has 0 saturated carbocycles. The van der Waals surface area contributed by atoms with Crippen molar-refractivity contribution in [1.82, 2.24) is 15.5 Å². The van der Waals surface area contributed by atoms with E-state index in [9.17, 15) is 5.11 Å². The molecule has 2 aromatic carbocycles. The number of rotatable bonds is 8. The molecule has 6 heteroatoms. The minimum atomic E-state index is 0.207. The van der Waals surface area contributed by atoms with Crippen LogP contribution in [-0.4, -0.2) is 55.3 Å². The number of guanidine groups is 1. The average Bonchev–Trinajstić information content (AvgIpc) is 2.77. The summed E-state index contributed by atoms with van der Waals surface area (Å²) in [5, 5.41) is 17.2. The normalized spacial score (nSPS) is 15.7. The van der Waals surface area contributed by atoms with Crippen LogP contribution in [0.15, 0.2) is 53.5 Å². The van der Waals surface area contributed by atoms with Crippen LogP contribution in [0.3, 0.4) is 0 Å². The second-order valence-corrected chi connectivity index (χ2v) is 7.66. The van der Waals surface area contributed by atoms with Crippen molar-refractivity contribution < 1.29 is 9.84 Å². The molecule has 0 bridgehead atoms. The second-order valence-electron chi connectivity index (χ2n) is 7.66. The van der Waals surface area contributed by atoms with Gasteiger partial charge >= 0.3 is 0 Å². The van der Waals surface area contributed by atoms with E-state index >= 15 is 0 Å². The van der Waals surface area contributed by atoms with E-state index in [2.05, 4.69) is 52.8 Å². The number of hydrogen-bond acceptors (Lipinski definition) is 4. The lowest BCUT2D eigenvalue weighted by atomic mass is 10.0. The average molecular weight is 411 g/mol. The van der Waals surface area contributed by atoms with E-state index in [-0.39, 0.29) is 5.75 Å². The molecule has 3 rings (SSSR count). The second kappa shape index (κ2) is 11.5. The number of aliphatic imine (C=N–C) groups is 1. The summed E-state index contributed by atoms with van der Waals surface area (Å²) >= 11 is 0. The maximum atomic E-state index is 10.2. The Labute approximate surface area is 180 Å². The fraction of sp³-hybridized carbons (Fsp3) is 0.458. The van der Waals surface area contributed by atoms with Gasteiger partial charge in [-0.2, -0.15) is 0 Å². The SMILES string of the molecule is CCNC(=NCCc1cccc(OC)c1O)NC1CCN(Cc2ccccc2)CC1. The summed E-state index contributed by atoms with van der Waals surface area (Å²) in [6.45, 7) is 6.69. The van der Waals surface area contributed by atoms with Crippen LogP contribution in [0.1, 0.15) is 30.9 Å². The van der Waals surface area contributed by atoms with Gasteiger partial charge in [-0.25, -0.2) is 0 Å². The number of phenolic OH excluding ortho intramolecular Hbond substituents is 1. The van der Waals surface area contributed by atoms with E-state index in [0.717, 1.165) is 50.5 Å². The molecular formula is C24H34N4O2. The highest BCUT2D eigenvalue weighted by molar-refractivity contribution is 5.80. The number of para-hydroxylation sites is 1. The highest BCUT2D eigenvalue weighted by Crippen LogP contribution is 2.29. The van der Waals surface area contributed by atoms with Crippen molar-refractivity contribution in [2.24, 2.45) is 4.99 Å². The van der Waals surface area contributed by atoms with E-state index in [1.54, 1.807) is 13.2 Å². The molecule has 0 amide bonds. The summed E-state index contributed by atoms with van der Waals surface area (Å²) in [5.74, 6) is 1.56. The van der Waals surface area contributed by atoms with Crippen LogP contribution in [0.5, 0.6) is 11.5 Å². The Morgan fingerprint density at radius 3 is 2.60 bits per heavy atom. The van der Waals surface area contributed by atoms with Crippen molar-refractivity contribution in [2.75, 3.05) is 33.3 Å². The van der Waals surface area contributed by atoms with E-state index in [1.807, 2.05) is 12.1 Å². The first-order valence-corrected chi connectivity index (χ1v) is 10.9. The van der Waals surface area contributed by atoms with Gasteiger partial charge in [0.2, 0.25) is 0 Å². The maximum absolute atomic E-state index is 10.2. The number of nitrogens with one attached hydrogen (secondary N) is 2. The van der Waals surface area contributed by atoms with Gasteiger partial charge in [-0.05, 0) is 43.4 Å². The number of ether oxygens (including phenoxy) is 1. The molecule has 1 aliphatic heterocycles. The van der Waals surface area contributed by atoms with Crippen molar-refractivity contribution >= 4 is 5.96 Å². The van der Waals surface area contributed by atoms with Gasteiger partial charge in [-0.1, -0.05) is 42.5 Å². The first-order valence-electron chi connectivity index (χ1n) is 10.9. The predicted molar refractivity (Wildman–Crippen MR) is 122 cm³/mol. The van der Waals surface area contributed by atoms with Crippen LogP contribution in [0.4, 0.5) is 0 Å². The zero-order valence-electron chi connectivity index (χ0n) is 18.1. The lowest BCUT2D eigenvalue weighted by Crippen LogP contribution is -2.48. The van der Waals surface area contributed by atoms with Gasteiger partial charge in [0.1, 0.15) is 0 Å². The molecule has 1 fully saturated rings. The molecule has 2 aromatic rings. The van der Waals surface area contributed by atoms with Crippen molar-refractivity contribution in [3.63, 3.8) is 0 Å². The molecule has 0 unspecified atom stereocenters. The standard InChI is InChI=1S/C24H34N4O2/c1-3-25-24(26-15-12-20-10-7-11-22(30-2)23(20)29)27-21-13-16-28(17-14-21)18-19-8-5-4-6-9-19/h4-11,21,29H,3,12-18H2,1-2H3,(H2,25,26,27). The maximum Gasteiger partial charge on any atom is 0.191 e. The van der Waals surface area contributed by atoms with Crippen molar-refractivity contribution in [2.45, 2.75) is 38.8 Å². The molecule has 162 valence electrons. The Morgan fingerprint density at radius 2 is 1.90 bits per heavy atom. The molecule has 1 aliphatic rings. The molecule has 0 aromatic heterocycles. The number of hydrogen-bond donors (Lipinski definition) is 3. The summed E-state index contributed by atoms with van der Waals surface area (Å²) in [6.07, 6.45) is 2.87. The summed E-state index contributed by atoms with van der Waals surface area (Å²) in [7, 11) is 1.56. The topological polar surface area (TPSA) is 69.1 Å². The van der Waals surface area contributed by atoms with E-state index in [4.69, 9.17) is 9.73 Å². The van der Waals surface area contributed by atoms with Crippen LogP contribution in [0.25, 0.3) is 0 Å². The lowest BCUT2D eigenvalue weighted by molar-refractivity contribution is 0.198. The van der Waals surface area contributed by atoms with Gasteiger partial charge < -0.3 is 20.5 Å². The minimum Gasteiger partial charge on any atom is -0.504 e. The Bertz CT molecular complexity index is 802. The number of phenols is 1. The molecule has 0 aliphatic carbocycles. The van der Waals surface area contributed by atoms with Crippen LogP contribution in [0, 0.1) is 0 Å². The van der Waals surface area contributed by atoms with E-state index < -0.39 is 0 Å². The first kappa shape index (κ1) is 22.0. The quantitative estimate of drug-likeness (QED) is 0.461. The third-order valence-electron chi connectivity index (χ3n) is 5.48. The van der Waals surface area contributed by atoms with Gasteiger partial charge in [-0.15, -0.1) is 0 Å². The minimum absolute atomic E-state index is 0.207. The largest absolute Gasteiger partial charge is 0.504 e. The van der Waals surface area contributed by atoms with E-state index in [0.29, 0.717) is 24.8 Å². The fourth-order valence-electron chi connectivity index (χ4n) is 3.81. The predicted octanol–water partition coefficient (Wildman–Crippen LogP) is 3.16. The molecular weight excluding hydrogens is 376 g/mol. The lowest BCUT2D eigenvalue weighted by Gasteiger charge is -2.33. The summed E-state index contributed by atoms with van der Waals surface area (Å²) in [4.78, 5) is 7.23. The molecule has 3 N–H and O–H groups in total. The molecule has 0 atom stereocenters. The number of aromatic hydroxyl groups is 1. The fourth-order valence-corrected chi connectivity index (χ4v) is 3.81. The van der Waals surface area contributed by atoms with E-state index in [1.165, 1.54) is 5.56 Å². The highest BCUT2D eigenvalue weighted by Gasteiger charge is 2.20. The third kappa shape index (κ3) is 6.39. The van der Waals surface area contributed by atoms with Gasteiger partial charge in [0.05, 0.1) is 7.11 Å². The van der Waals surface area contributed by atoms with Crippen molar-refractivity contribution in [3.8, 4) is 11.5 Å². The van der Waals surface area contributed by atoms with Crippen LogP contribution < -0.4 is 15.4 Å². The third-order valence-corrected chi connectivity index (χ3v) is 5.48. The molecule has 0 spiro atoms. The number of nitrogens with zero attached hydrogens (tertiary/aromatic N) is 2. The van der Waals surface area contributed by atoms with Gasteiger partial charge in [0.25, 0.3) is 0 Å². The smallest absolute Gasteiger partial charge is 0.191 e. The van der Waals surface area contributed by atoms with Gasteiger partial charge in [-0.3, -0.25) is 9.89 Å². The number of methoxy groups -OCH3 is 1. The van der Waals surface area contributed by atoms with Crippen LogP contribution in [0.2, 0.25) is 0 Å². The highest BCUT2D eigenvalue weighted by atomic mass is 16.5. The Morgan fingerprint density at radius 1 is 1.13 bits per heavy atom. The molecule has 1 heterocycles. The monoisotopic (exact) mass is 410 g/mol.